The van der Waals surface area contributed by atoms with Crippen LogP contribution in [0.2, 0.25) is 0 Å². The predicted molar refractivity (Wildman–Crippen MR) is 83.1 cm³/mol. The predicted octanol–water partition coefficient (Wildman–Crippen LogP) is 2.72. The Bertz CT molecular complexity index is 673. The molecule has 110 valence electrons. The molecule has 2 atom stereocenters. The van der Waals surface area contributed by atoms with Crippen LogP contribution in [0, 0.1) is 5.92 Å². The van der Waals surface area contributed by atoms with Crippen LogP contribution in [-0.2, 0) is 25.8 Å². The average Bonchev–Trinajstić information content (AvgIpc) is 2.85. The van der Waals surface area contributed by atoms with Crippen LogP contribution >= 0.6 is 0 Å². The summed E-state index contributed by atoms with van der Waals surface area (Å²) in [4.78, 5) is 4.33. The quantitative estimate of drug-likeness (QED) is 0.875. The van der Waals surface area contributed by atoms with E-state index in [0.717, 1.165) is 18.8 Å². The minimum atomic E-state index is 0.406. The van der Waals surface area contributed by atoms with E-state index in [1.807, 2.05) is 4.68 Å². The zero-order valence-corrected chi connectivity index (χ0v) is 12.5. The van der Waals surface area contributed by atoms with Crippen LogP contribution in [0.25, 0.3) is 0 Å². The lowest BCUT2D eigenvalue weighted by atomic mass is 9.80. The highest BCUT2D eigenvalue weighted by atomic mass is 15.4. The lowest BCUT2D eigenvalue weighted by Crippen LogP contribution is -2.27. The number of hydrogen-bond donors (Lipinski definition) is 1. The number of aromatic nitrogens is 3. The fraction of sp³-hybridized carbons (Fsp3) is 0.529. The second-order valence-corrected chi connectivity index (χ2v) is 6.59. The number of fused-ring (bicyclic) bond motifs is 2. The normalized spacial score (nSPS) is 24.4. The van der Waals surface area contributed by atoms with E-state index in [-0.39, 0.29) is 0 Å². The van der Waals surface area contributed by atoms with Crippen LogP contribution in [0.3, 0.4) is 0 Å². The second kappa shape index (κ2) is 4.86. The van der Waals surface area contributed by atoms with E-state index in [4.69, 9.17) is 5.73 Å². The molecule has 0 fully saturated rings. The number of nitrogens with zero attached hydrogens (tertiary/aromatic N) is 3. The van der Waals surface area contributed by atoms with Crippen molar-refractivity contribution < 1.29 is 0 Å². The van der Waals surface area contributed by atoms with Gasteiger partial charge in [0.1, 0.15) is 5.82 Å². The van der Waals surface area contributed by atoms with Crippen molar-refractivity contribution in [2.75, 3.05) is 5.73 Å². The molecule has 0 radical (unpaired) electrons. The Kier molecular flexibility index (Phi) is 2.98. The van der Waals surface area contributed by atoms with Gasteiger partial charge >= 0.3 is 0 Å². The van der Waals surface area contributed by atoms with Crippen molar-refractivity contribution in [1.29, 1.82) is 0 Å². The van der Waals surface area contributed by atoms with Crippen LogP contribution in [0.5, 0.6) is 0 Å². The van der Waals surface area contributed by atoms with Crippen LogP contribution in [0.15, 0.2) is 18.2 Å². The molecule has 0 spiro atoms. The van der Waals surface area contributed by atoms with Crippen LogP contribution < -0.4 is 5.73 Å². The molecule has 4 nitrogen and oxygen atoms in total. The van der Waals surface area contributed by atoms with Gasteiger partial charge in [0.05, 0.1) is 6.54 Å². The molecule has 0 bridgehead atoms. The molecule has 0 amide bonds. The van der Waals surface area contributed by atoms with E-state index >= 15 is 0 Å². The standard InChI is InChI=1S/C17H22N4/c1-11-8-16-19-17(18)20-21(16)10-15(11)14-7-6-12-4-2-3-5-13(12)9-14/h6-7,9,11,15H,2-5,8,10H2,1H3,(H2,18,20). The first-order valence-corrected chi connectivity index (χ1v) is 8.01. The Labute approximate surface area is 125 Å². The van der Waals surface area contributed by atoms with Gasteiger partial charge in [-0.05, 0) is 48.3 Å². The van der Waals surface area contributed by atoms with Gasteiger partial charge in [-0.1, -0.05) is 25.1 Å². The molecule has 4 rings (SSSR count). The van der Waals surface area contributed by atoms with E-state index < -0.39 is 0 Å². The summed E-state index contributed by atoms with van der Waals surface area (Å²) in [5.74, 6) is 2.55. The molecule has 1 aliphatic carbocycles. The Morgan fingerprint density at radius 1 is 1.19 bits per heavy atom. The average molecular weight is 282 g/mol. The first kappa shape index (κ1) is 12.9. The summed E-state index contributed by atoms with van der Waals surface area (Å²) in [7, 11) is 0. The first-order valence-electron chi connectivity index (χ1n) is 8.01. The number of nitrogen functional groups attached to an aromatic ring is 1. The lowest BCUT2D eigenvalue weighted by molar-refractivity contribution is 0.330. The Morgan fingerprint density at radius 2 is 2.00 bits per heavy atom. The summed E-state index contributed by atoms with van der Waals surface area (Å²) >= 11 is 0. The Morgan fingerprint density at radius 3 is 2.86 bits per heavy atom. The van der Waals surface area contributed by atoms with Crippen molar-refractivity contribution in [1.82, 2.24) is 14.8 Å². The molecule has 2 aromatic rings. The topological polar surface area (TPSA) is 56.7 Å². The summed E-state index contributed by atoms with van der Waals surface area (Å²) in [5.41, 5.74) is 10.3. The number of nitrogens with two attached hydrogens (primary N) is 1. The number of rotatable bonds is 1. The third-order valence-corrected chi connectivity index (χ3v) is 5.13. The summed E-state index contributed by atoms with van der Waals surface area (Å²) < 4.78 is 2.00. The zero-order chi connectivity index (χ0) is 14.4. The molecular weight excluding hydrogens is 260 g/mol. The molecular formula is C17H22N4. The first-order chi connectivity index (χ1) is 10.2. The highest BCUT2D eigenvalue weighted by molar-refractivity contribution is 5.36. The maximum absolute atomic E-state index is 5.74. The number of aryl methyl sites for hydroxylation is 2. The van der Waals surface area contributed by atoms with Gasteiger partial charge in [0.2, 0.25) is 5.95 Å². The number of hydrogen-bond acceptors (Lipinski definition) is 3. The molecule has 2 unspecified atom stereocenters. The summed E-state index contributed by atoms with van der Waals surface area (Å²) in [6.07, 6.45) is 6.13. The fourth-order valence-electron chi connectivity index (χ4n) is 3.91. The Hall–Kier alpha value is -1.84. The van der Waals surface area contributed by atoms with E-state index in [9.17, 15) is 0 Å². The van der Waals surface area contributed by atoms with Gasteiger partial charge in [0, 0.05) is 12.3 Å². The maximum Gasteiger partial charge on any atom is 0.239 e. The lowest BCUT2D eigenvalue weighted by Gasteiger charge is -2.30. The molecule has 4 heteroatoms. The van der Waals surface area contributed by atoms with Gasteiger partial charge in [-0.25, -0.2) is 4.68 Å². The minimum absolute atomic E-state index is 0.406. The third kappa shape index (κ3) is 2.23. The monoisotopic (exact) mass is 282 g/mol. The van der Waals surface area contributed by atoms with E-state index in [1.165, 1.54) is 31.2 Å². The van der Waals surface area contributed by atoms with Crippen molar-refractivity contribution in [3.63, 3.8) is 0 Å². The molecule has 1 aromatic carbocycles. The molecule has 0 saturated heterocycles. The largest absolute Gasteiger partial charge is 0.366 e. The smallest absolute Gasteiger partial charge is 0.239 e. The molecule has 21 heavy (non-hydrogen) atoms. The van der Waals surface area contributed by atoms with Crippen molar-refractivity contribution in [3.05, 3.63) is 40.7 Å². The van der Waals surface area contributed by atoms with E-state index in [1.54, 1.807) is 11.1 Å². The van der Waals surface area contributed by atoms with E-state index in [0.29, 0.717) is 17.8 Å². The van der Waals surface area contributed by atoms with Gasteiger partial charge in [0.25, 0.3) is 0 Å². The van der Waals surface area contributed by atoms with Gasteiger partial charge < -0.3 is 5.73 Å². The highest BCUT2D eigenvalue weighted by Crippen LogP contribution is 2.35. The molecule has 1 aliphatic heterocycles. The second-order valence-electron chi connectivity index (χ2n) is 6.59. The van der Waals surface area contributed by atoms with Gasteiger partial charge in [-0.2, -0.15) is 4.98 Å². The van der Waals surface area contributed by atoms with Crippen molar-refractivity contribution in [3.8, 4) is 0 Å². The van der Waals surface area contributed by atoms with Gasteiger partial charge in [0.15, 0.2) is 0 Å². The van der Waals surface area contributed by atoms with Gasteiger partial charge in [-0.3, -0.25) is 0 Å². The maximum atomic E-state index is 5.74. The van der Waals surface area contributed by atoms with Crippen molar-refractivity contribution >= 4 is 5.95 Å². The number of benzene rings is 1. The van der Waals surface area contributed by atoms with E-state index in [2.05, 4.69) is 35.2 Å². The molecule has 2 aliphatic rings. The van der Waals surface area contributed by atoms with Crippen LogP contribution in [-0.4, -0.2) is 14.8 Å². The number of anilines is 1. The summed E-state index contributed by atoms with van der Waals surface area (Å²) in [5, 5.41) is 4.33. The third-order valence-electron chi connectivity index (χ3n) is 5.13. The van der Waals surface area contributed by atoms with Crippen molar-refractivity contribution in [2.24, 2.45) is 5.92 Å². The molecule has 0 saturated carbocycles. The minimum Gasteiger partial charge on any atom is -0.366 e. The highest BCUT2D eigenvalue weighted by Gasteiger charge is 2.29. The Balaban J connectivity index is 1.67. The van der Waals surface area contributed by atoms with Gasteiger partial charge in [-0.15, -0.1) is 5.10 Å². The molecule has 2 heterocycles. The SMILES string of the molecule is CC1Cc2nc(N)nn2CC1c1ccc2c(c1)CCCC2. The fourth-order valence-corrected chi connectivity index (χ4v) is 3.91. The summed E-state index contributed by atoms with van der Waals surface area (Å²) in [6, 6.07) is 7.12. The molecule has 2 N–H and O–H groups in total. The van der Waals surface area contributed by atoms with Crippen LogP contribution in [0.1, 0.15) is 48.2 Å². The zero-order valence-electron chi connectivity index (χ0n) is 12.5. The van der Waals surface area contributed by atoms with Crippen LogP contribution in [0.4, 0.5) is 5.95 Å². The molecule has 1 aromatic heterocycles. The van der Waals surface area contributed by atoms with Crippen molar-refractivity contribution in [2.45, 2.75) is 51.5 Å². The summed E-state index contributed by atoms with van der Waals surface area (Å²) in [6.45, 7) is 3.22.